The molecule has 3 nitrogen and oxygen atoms in total. The van der Waals surface area contributed by atoms with E-state index < -0.39 is 5.82 Å². The number of phenols is 1. The second-order valence-electron chi connectivity index (χ2n) is 3.59. The predicted molar refractivity (Wildman–Crippen MR) is 69.7 cm³/mol. The predicted octanol–water partition coefficient (Wildman–Crippen LogP) is 3.43. The number of phenolic OH excluding ortho intramolecular Hbond substituents is 1. The summed E-state index contributed by atoms with van der Waals surface area (Å²) in [5, 5.41) is 13.4. The maximum absolute atomic E-state index is 13.4. The summed E-state index contributed by atoms with van der Waals surface area (Å²) in [6.07, 6.45) is 0.176. The third-order valence-corrected chi connectivity index (χ3v) is 3.40. The van der Waals surface area contributed by atoms with Crippen molar-refractivity contribution in [2.24, 2.45) is 0 Å². The van der Waals surface area contributed by atoms with Crippen molar-refractivity contribution >= 4 is 34.5 Å². The Labute approximate surface area is 112 Å². The van der Waals surface area contributed by atoms with E-state index in [9.17, 15) is 14.3 Å². The maximum Gasteiger partial charge on any atom is 0.229 e. The SMILES string of the molecule is O=C(Cc1cccs1)Nc1cc(Cl)c(O)cc1F. The average molecular weight is 286 g/mol. The van der Waals surface area contributed by atoms with E-state index in [1.807, 2.05) is 17.5 Å². The average Bonchev–Trinajstić information content (AvgIpc) is 2.78. The number of carbonyl (C=O) groups is 1. The molecule has 0 bridgehead atoms. The highest BCUT2D eigenvalue weighted by Crippen LogP contribution is 2.29. The summed E-state index contributed by atoms with van der Waals surface area (Å²) in [6.45, 7) is 0. The molecule has 0 saturated heterocycles. The molecule has 6 heteroatoms. The van der Waals surface area contributed by atoms with Gasteiger partial charge >= 0.3 is 0 Å². The molecule has 1 aromatic heterocycles. The zero-order chi connectivity index (χ0) is 13.1. The van der Waals surface area contributed by atoms with Crippen LogP contribution in [0.15, 0.2) is 29.6 Å². The molecule has 2 N–H and O–H groups in total. The quantitative estimate of drug-likeness (QED) is 0.849. The van der Waals surface area contributed by atoms with Crippen molar-refractivity contribution in [2.75, 3.05) is 5.32 Å². The van der Waals surface area contributed by atoms with Gasteiger partial charge in [-0.1, -0.05) is 17.7 Å². The van der Waals surface area contributed by atoms with Crippen LogP contribution in [-0.2, 0) is 11.2 Å². The van der Waals surface area contributed by atoms with E-state index in [-0.39, 0.29) is 28.8 Å². The van der Waals surface area contributed by atoms with Crippen molar-refractivity contribution in [3.05, 3.63) is 45.4 Å². The molecule has 0 aliphatic heterocycles. The maximum atomic E-state index is 13.4. The van der Waals surface area contributed by atoms with E-state index >= 15 is 0 Å². The first-order valence-corrected chi connectivity index (χ1v) is 6.32. The Morgan fingerprint density at radius 1 is 1.50 bits per heavy atom. The second-order valence-corrected chi connectivity index (χ2v) is 5.03. The molecule has 2 aromatic rings. The zero-order valence-corrected chi connectivity index (χ0v) is 10.7. The van der Waals surface area contributed by atoms with E-state index in [4.69, 9.17) is 11.6 Å². The van der Waals surface area contributed by atoms with Crippen LogP contribution in [0.2, 0.25) is 5.02 Å². The summed E-state index contributed by atoms with van der Waals surface area (Å²) in [6, 6.07) is 5.71. The van der Waals surface area contributed by atoms with Gasteiger partial charge in [-0.25, -0.2) is 4.39 Å². The number of aromatic hydroxyl groups is 1. The lowest BCUT2D eigenvalue weighted by molar-refractivity contribution is -0.115. The summed E-state index contributed by atoms with van der Waals surface area (Å²) < 4.78 is 13.4. The highest BCUT2D eigenvalue weighted by molar-refractivity contribution is 7.10. The fraction of sp³-hybridized carbons (Fsp3) is 0.0833. The number of rotatable bonds is 3. The molecule has 0 aliphatic rings. The van der Waals surface area contributed by atoms with Crippen LogP contribution >= 0.6 is 22.9 Å². The van der Waals surface area contributed by atoms with Crippen molar-refractivity contribution in [2.45, 2.75) is 6.42 Å². The highest BCUT2D eigenvalue weighted by Gasteiger charge is 2.11. The van der Waals surface area contributed by atoms with Crippen LogP contribution in [0, 0.1) is 5.82 Å². The van der Waals surface area contributed by atoms with E-state index in [1.54, 1.807) is 0 Å². The first-order chi connectivity index (χ1) is 8.56. The Hall–Kier alpha value is -1.59. The van der Waals surface area contributed by atoms with Crippen LogP contribution in [0.3, 0.4) is 0 Å². The third-order valence-electron chi connectivity index (χ3n) is 2.23. The Bertz CT molecular complexity index is 572. The van der Waals surface area contributed by atoms with Crippen LogP contribution < -0.4 is 5.32 Å². The Kier molecular flexibility index (Phi) is 3.84. The van der Waals surface area contributed by atoms with Gasteiger partial charge in [-0.05, 0) is 17.5 Å². The van der Waals surface area contributed by atoms with Crippen LogP contribution in [0.25, 0.3) is 0 Å². The van der Waals surface area contributed by atoms with Crippen molar-refractivity contribution < 1.29 is 14.3 Å². The minimum Gasteiger partial charge on any atom is -0.506 e. The van der Waals surface area contributed by atoms with E-state index in [0.717, 1.165) is 10.9 Å². The minimum atomic E-state index is -0.726. The molecule has 1 heterocycles. The summed E-state index contributed by atoms with van der Waals surface area (Å²) in [5.41, 5.74) is -0.0423. The monoisotopic (exact) mass is 285 g/mol. The largest absolute Gasteiger partial charge is 0.506 e. The van der Waals surface area contributed by atoms with Gasteiger partial charge in [0.25, 0.3) is 0 Å². The van der Waals surface area contributed by atoms with Crippen LogP contribution in [-0.4, -0.2) is 11.0 Å². The normalized spacial score (nSPS) is 10.3. The van der Waals surface area contributed by atoms with Gasteiger partial charge in [-0.2, -0.15) is 0 Å². The smallest absolute Gasteiger partial charge is 0.229 e. The number of thiophene rings is 1. The summed E-state index contributed by atoms with van der Waals surface area (Å²) in [7, 11) is 0. The Balaban J connectivity index is 2.09. The number of hydrogen-bond acceptors (Lipinski definition) is 3. The Morgan fingerprint density at radius 2 is 2.28 bits per heavy atom. The topological polar surface area (TPSA) is 49.3 Å². The fourth-order valence-electron chi connectivity index (χ4n) is 1.40. The molecule has 94 valence electrons. The first kappa shape index (κ1) is 12.9. The van der Waals surface area contributed by atoms with Gasteiger partial charge in [0, 0.05) is 10.9 Å². The molecule has 0 spiro atoms. The lowest BCUT2D eigenvalue weighted by Crippen LogP contribution is -2.14. The minimum absolute atomic E-state index is 0.0113. The molecule has 0 radical (unpaired) electrons. The van der Waals surface area contributed by atoms with Crippen molar-refractivity contribution in [1.82, 2.24) is 0 Å². The van der Waals surface area contributed by atoms with Gasteiger partial charge in [0.2, 0.25) is 5.91 Å². The molecular weight excluding hydrogens is 277 g/mol. The van der Waals surface area contributed by atoms with Gasteiger partial charge in [-0.3, -0.25) is 4.79 Å². The van der Waals surface area contributed by atoms with E-state index in [0.29, 0.717) is 0 Å². The van der Waals surface area contributed by atoms with Gasteiger partial charge in [0.1, 0.15) is 11.6 Å². The number of halogens is 2. The molecular formula is C12H9ClFNO2S. The van der Waals surface area contributed by atoms with Gasteiger partial charge in [0.05, 0.1) is 17.1 Å². The number of benzene rings is 1. The number of carbonyl (C=O) groups excluding carboxylic acids is 1. The molecule has 0 saturated carbocycles. The van der Waals surface area contributed by atoms with Gasteiger partial charge in [0.15, 0.2) is 0 Å². The number of hydrogen-bond donors (Lipinski definition) is 2. The summed E-state index contributed by atoms with van der Waals surface area (Å²) in [5.74, 6) is -1.42. The Morgan fingerprint density at radius 3 is 2.94 bits per heavy atom. The number of nitrogens with one attached hydrogen (secondary N) is 1. The van der Waals surface area contributed by atoms with Gasteiger partial charge < -0.3 is 10.4 Å². The molecule has 2 rings (SSSR count). The van der Waals surface area contributed by atoms with Crippen molar-refractivity contribution in [3.63, 3.8) is 0 Å². The van der Waals surface area contributed by atoms with Gasteiger partial charge in [-0.15, -0.1) is 11.3 Å². The standard InChI is InChI=1S/C12H9ClFNO2S/c13-8-5-10(9(14)6-11(8)16)15-12(17)4-7-2-1-3-18-7/h1-3,5-6,16H,4H2,(H,15,17). The summed E-state index contributed by atoms with van der Waals surface area (Å²) >= 11 is 7.10. The van der Waals surface area contributed by atoms with Crippen LogP contribution in [0.5, 0.6) is 5.75 Å². The third kappa shape index (κ3) is 3.00. The molecule has 1 aromatic carbocycles. The lowest BCUT2D eigenvalue weighted by Gasteiger charge is -2.07. The fourth-order valence-corrected chi connectivity index (χ4v) is 2.27. The molecule has 0 unspecified atom stereocenters. The number of anilines is 1. The van der Waals surface area contributed by atoms with Crippen molar-refractivity contribution in [1.29, 1.82) is 0 Å². The van der Waals surface area contributed by atoms with Crippen molar-refractivity contribution in [3.8, 4) is 5.75 Å². The first-order valence-electron chi connectivity index (χ1n) is 5.06. The van der Waals surface area contributed by atoms with Crippen LogP contribution in [0.4, 0.5) is 10.1 Å². The molecule has 18 heavy (non-hydrogen) atoms. The molecule has 0 aliphatic carbocycles. The van der Waals surface area contributed by atoms with E-state index in [1.165, 1.54) is 17.4 Å². The zero-order valence-electron chi connectivity index (χ0n) is 9.11. The summed E-state index contributed by atoms with van der Waals surface area (Å²) in [4.78, 5) is 12.5. The second kappa shape index (κ2) is 5.37. The van der Waals surface area contributed by atoms with E-state index in [2.05, 4.69) is 5.32 Å². The highest BCUT2D eigenvalue weighted by atomic mass is 35.5. The number of amides is 1. The molecule has 0 atom stereocenters. The lowest BCUT2D eigenvalue weighted by atomic mass is 10.2. The molecule has 1 amide bonds. The molecule has 0 fully saturated rings. The van der Waals surface area contributed by atoms with Crippen LogP contribution in [0.1, 0.15) is 4.88 Å².